The quantitative estimate of drug-likeness (QED) is 0.528. The summed E-state index contributed by atoms with van der Waals surface area (Å²) in [5.74, 6) is 1.92. The highest BCUT2D eigenvalue weighted by atomic mass is 32.2. The van der Waals surface area contributed by atoms with E-state index in [-0.39, 0.29) is 12.0 Å². The molecule has 2 N–H and O–H groups in total. The average Bonchev–Trinajstić information content (AvgIpc) is 3.30. The minimum Gasteiger partial charge on any atom is -0.395 e. The zero-order chi connectivity index (χ0) is 19.3. The number of hydrogen-bond acceptors (Lipinski definition) is 5. The first-order valence-corrected chi connectivity index (χ1v) is 11.0. The number of rotatable bonds is 8. The van der Waals surface area contributed by atoms with Crippen LogP contribution >= 0.6 is 11.8 Å². The Bertz CT molecular complexity index is 715. The van der Waals surface area contributed by atoms with E-state index in [0.29, 0.717) is 12.6 Å². The molecule has 0 aliphatic heterocycles. The highest BCUT2D eigenvalue weighted by Gasteiger charge is 2.25. The van der Waals surface area contributed by atoms with Crippen LogP contribution < -0.4 is 5.32 Å². The molecule has 0 bridgehead atoms. The first kappa shape index (κ1) is 20.4. The van der Waals surface area contributed by atoms with Crippen molar-refractivity contribution in [1.29, 1.82) is 0 Å². The van der Waals surface area contributed by atoms with Crippen LogP contribution in [0.4, 0.5) is 0 Å². The number of aliphatic hydroxyl groups excluding tert-OH is 1. The minimum atomic E-state index is 0.153. The van der Waals surface area contributed by atoms with E-state index in [4.69, 9.17) is 5.11 Å². The maximum atomic E-state index is 8.87. The molecular weight excluding hydrogens is 356 g/mol. The smallest absolute Gasteiger partial charge is 0.191 e. The molecular formula is C21H32N4OS. The summed E-state index contributed by atoms with van der Waals surface area (Å²) in [7, 11) is 0. The molecule has 0 atom stereocenters. The second-order valence-electron chi connectivity index (χ2n) is 8.26. The zero-order valence-electron chi connectivity index (χ0n) is 16.7. The maximum absolute atomic E-state index is 8.87. The summed E-state index contributed by atoms with van der Waals surface area (Å²) in [6.07, 6.45) is 4.99. The molecule has 1 fully saturated rings. The largest absolute Gasteiger partial charge is 0.395 e. The van der Waals surface area contributed by atoms with Gasteiger partial charge in [0.1, 0.15) is 0 Å². The van der Waals surface area contributed by atoms with Gasteiger partial charge in [-0.25, -0.2) is 0 Å². The van der Waals surface area contributed by atoms with Gasteiger partial charge in [0.2, 0.25) is 0 Å². The number of aliphatic hydroxyl groups is 1. The van der Waals surface area contributed by atoms with Crippen LogP contribution in [0.5, 0.6) is 0 Å². The summed E-state index contributed by atoms with van der Waals surface area (Å²) in [6.45, 7) is 8.39. The normalized spacial score (nSPS) is 15.6. The molecule has 0 radical (unpaired) electrons. The predicted octanol–water partition coefficient (Wildman–Crippen LogP) is 4.03. The molecule has 148 valence electrons. The second-order valence-corrected chi connectivity index (χ2v) is 9.33. The van der Waals surface area contributed by atoms with Gasteiger partial charge in [-0.2, -0.15) is 0 Å². The van der Waals surface area contributed by atoms with Crippen molar-refractivity contribution in [2.24, 2.45) is 0 Å². The standard InChI is InChI=1S/C21H32N4OS/c1-21(2,3)17-10-8-16(9-11-17)19-23-24-20(27-15-13-22-12-14-26)25(19)18-6-4-5-7-18/h8-11,18,22,26H,4-7,12-15H2,1-3H3. The molecule has 0 spiro atoms. The number of nitrogens with one attached hydrogen (secondary N) is 1. The Balaban J connectivity index is 1.82. The van der Waals surface area contributed by atoms with Crippen LogP contribution in [0.3, 0.4) is 0 Å². The van der Waals surface area contributed by atoms with Crippen LogP contribution in [0.2, 0.25) is 0 Å². The van der Waals surface area contributed by atoms with Crippen LogP contribution in [0.1, 0.15) is 58.1 Å². The maximum Gasteiger partial charge on any atom is 0.191 e. The average molecular weight is 389 g/mol. The molecule has 5 nitrogen and oxygen atoms in total. The summed E-state index contributed by atoms with van der Waals surface area (Å²) in [4.78, 5) is 0. The first-order valence-electron chi connectivity index (χ1n) is 10.0. The molecule has 0 amide bonds. The summed E-state index contributed by atoms with van der Waals surface area (Å²) in [6, 6.07) is 9.31. The minimum absolute atomic E-state index is 0.153. The van der Waals surface area contributed by atoms with E-state index < -0.39 is 0 Å². The lowest BCUT2D eigenvalue weighted by Crippen LogP contribution is -2.21. The third kappa shape index (κ3) is 5.12. The van der Waals surface area contributed by atoms with Gasteiger partial charge in [0, 0.05) is 30.4 Å². The van der Waals surface area contributed by atoms with Crippen molar-refractivity contribution in [2.45, 2.75) is 63.1 Å². The molecule has 1 heterocycles. The molecule has 1 aliphatic rings. The summed E-state index contributed by atoms with van der Waals surface area (Å²) in [5, 5.41) is 22.2. The monoisotopic (exact) mass is 388 g/mol. The Morgan fingerprint density at radius 2 is 1.81 bits per heavy atom. The van der Waals surface area contributed by atoms with Crippen LogP contribution in [0.25, 0.3) is 11.4 Å². The summed E-state index contributed by atoms with van der Waals surface area (Å²) < 4.78 is 2.37. The molecule has 0 unspecified atom stereocenters. The van der Waals surface area contributed by atoms with Gasteiger partial charge in [-0.05, 0) is 23.8 Å². The fourth-order valence-corrected chi connectivity index (χ4v) is 4.50. The van der Waals surface area contributed by atoms with Crippen molar-refractivity contribution < 1.29 is 5.11 Å². The number of hydrogen-bond donors (Lipinski definition) is 2. The van der Waals surface area contributed by atoms with E-state index >= 15 is 0 Å². The number of benzene rings is 1. The van der Waals surface area contributed by atoms with Crippen LogP contribution in [0, 0.1) is 0 Å². The summed E-state index contributed by atoms with van der Waals surface area (Å²) >= 11 is 1.75. The van der Waals surface area contributed by atoms with Crippen molar-refractivity contribution in [2.75, 3.05) is 25.4 Å². The Morgan fingerprint density at radius 1 is 1.11 bits per heavy atom. The fraction of sp³-hybridized carbons (Fsp3) is 0.619. The number of aromatic nitrogens is 3. The molecule has 1 aromatic heterocycles. The van der Waals surface area contributed by atoms with Crippen molar-refractivity contribution in [3.8, 4) is 11.4 Å². The highest BCUT2D eigenvalue weighted by molar-refractivity contribution is 7.99. The Labute approximate surface area is 167 Å². The van der Waals surface area contributed by atoms with E-state index in [2.05, 4.69) is 65.1 Å². The fourth-order valence-electron chi connectivity index (χ4n) is 3.60. The third-order valence-electron chi connectivity index (χ3n) is 5.16. The van der Waals surface area contributed by atoms with Crippen molar-refractivity contribution in [1.82, 2.24) is 20.1 Å². The van der Waals surface area contributed by atoms with Crippen LogP contribution in [-0.2, 0) is 5.41 Å². The second kappa shape index (κ2) is 9.22. The molecule has 2 aromatic rings. The van der Waals surface area contributed by atoms with E-state index in [0.717, 1.165) is 28.8 Å². The van der Waals surface area contributed by atoms with Gasteiger partial charge in [0.25, 0.3) is 0 Å². The molecule has 0 saturated heterocycles. The number of thioether (sulfide) groups is 1. The third-order valence-corrected chi connectivity index (χ3v) is 6.11. The van der Waals surface area contributed by atoms with Gasteiger partial charge in [0.15, 0.2) is 11.0 Å². The van der Waals surface area contributed by atoms with Crippen molar-refractivity contribution in [3.05, 3.63) is 29.8 Å². The Morgan fingerprint density at radius 3 is 2.44 bits per heavy atom. The van der Waals surface area contributed by atoms with E-state index in [9.17, 15) is 0 Å². The first-order chi connectivity index (χ1) is 13.0. The lowest BCUT2D eigenvalue weighted by Gasteiger charge is -2.20. The predicted molar refractivity (Wildman–Crippen MR) is 112 cm³/mol. The molecule has 1 aromatic carbocycles. The Hall–Kier alpha value is -1.37. The highest BCUT2D eigenvalue weighted by Crippen LogP contribution is 2.37. The van der Waals surface area contributed by atoms with Gasteiger partial charge >= 0.3 is 0 Å². The SMILES string of the molecule is CC(C)(C)c1ccc(-c2nnc(SCCNCCO)n2C2CCCC2)cc1. The lowest BCUT2D eigenvalue weighted by atomic mass is 9.86. The van der Waals surface area contributed by atoms with E-state index in [1.807, 2.05) is 0 Å². The number of nitrogens with zero attached hydrogens (tertiary/aromatic N) is 3. The van der Waals surface area contributed by atoms with Crippen molar-refractivity contribution >= 4 is 11.8 Å². The van der Waals surface area contributed by atoms with Crippen molar-refractivity contribution in [3.63, 3.8) is 0 Å². The molecule has 27 heavy (non-hydrogen) atoms. The van der Waals surface area contributed by atoms with E-state index in [1.54, 1.807) is 11.8 Å². The molecule has 3 rings (SSSR count). The van der Waals surface area contributed by atoms with Crippen LogP contribution in [0.15, 0.2) is 29.4 Å². The Kier molecular flexibility index (Phi) is 6.95. The topological polar surface area (TPSA) is 63.0 Å². The van der Waals surface area contributed by atoms with Gasteiger partial charge in [-0.1, -0.05) is 69.6 Å². The molecule has 6 heteroatoms. The van der Waals surface area contributed by atoms with Gasteiger partial charge in [-0.3, -0.25) is 4.57 Å². The lowest BCUT2D eigenvalue weighted by molar-refractivity contribution is 0.294. The van der Waals surface area contributed by atoms with E-state index in [1.165, 1.54) is 31.2 Å². The molecule has 1 aliphatic carbocycles. The van der Waals surface area contributed by atoms with Gasteiger partial charge in [0.05, 0.1) is 6.61 Å². The van der Waals surface area contributed by atoms with Gasteiger partial charge < -0.3 is 10.4 Å². The van der Waals surface area contributed by atoms with Gasteiger partial charge in [-0.15, -0.1) is 10.2 Å². The zero-order valence-corrected chi connectivity index (χ0v) is 17.6. The summed E-state index contributed by atoms with van der Waals surface area (Å²) in [5.41, 5.74) is 2.63. The van der Waals surface area contributed by atoms with Crippen LogP contribution in [-0.4, -0.2) is 45.3 Å². The molecule has 1 saturated carbocycles.